The number of hydrogen-bond donors (Lipinski definition) is 1. The number of ketones is 1. The van der Waals surface area contributed by atoms with Gasteiger partial charge in [-0.1, -0.05) is 147 Å². The summed E-state index contributed by atoms with van der Waals surface area (Å²) in [5, 5.41) is 10.6. The molecular formula is C39H68O6. The highest BCUT2D eigenvalue weighted by Crippen LogP contribution is 2.15. The lowest BCUT2D eigenvalue weighted by atomic mass is 10.0. The topological polar surface area (TPSA) is 89.9 Å². The van der Waals surface area contributed by atoms with Crippen molar-refractivity contribution in [1.82, 2.24) is 0 Å². The summed E-state index contributed by atoms with van der Waals surface area (Å²) in [5.41, 5.74) is 0. The van der Waals surface area contributed by atoms with Gasteiger partial charge in [-0.25, -0.2) is 0 Å². The molecule has 6 nitrogen and oxygen atoms in total. The van der Waals surface area contributed by atoms with Crippen LogP contribution in [0.15, 0.2) is 36.5 Å². The monoisotopic (exact) mass is 633 g/mol. The van der Waals surface area contributed by atoms with E-state index in [0.717, 1.165) is 64.2 Å². The van der Waals surface area contributed by atoms with E-state index in [2.05, 4.69) is 50.3 Å². The fourth-order valence-corrected chi connectivity index (χ4v) is 5.18. The molecule has 0 spiro atoms. The maximum Gasteiger partial charge on any atom is 0.306 e. The van der Waals surface area contributed by atoms with Crippen molar-refractivity contribution in [1.29, 1.82) is 0 Å². The smallest absolute Gasteiger partial charge is 0.306 e. The summed E-state index contributed by atoms with van der Waals surface area (Å²) in [6.07, 6.45) is 35.8. The van der Waals surface area contributed by atoms with E-state index >= 15 is 0 Å². The van der Waals surface area contributed by atoms with Crippen LogP contribution in [0.4, 0.5) is 0 Å². The van der Waals surface area contributed by atoms with Gasteiger partial charge in [0.05, 0.1) is 0 Å². The first-order valence-electron chi connectivity index (χ1n) is 18.4. The maximum atomic E-state index is 12.6. The summed E-state index contributed by atoms with van der Waals surface area (Å²) in [6, 6.07) is 0. The van der Waals surface area contributed by atoms with Crippen LogP contribution in [0.5, 0.6) is 0 Å². The highest BCUT2D eigenvalue weighted by molar-refractivity contribution is 5.84. The summed E-state index contributed by atoms with van der Waals surface area (Å²) >= 11 is 0. The predicted molar refractivity (Wildman–Crippen MR) is 187 cm³/mol. The van der Waals surface area contributed by atoms with Gasteiger partial charge in [0.1, 0.15) is 6.61 Å². The van der Waals surface area contributed by atoms with E-state index in [1.165, 1.54) is 71.1 Å². The molecule has 2 unspecified atom stereocenters. The molecule has 0 fully saturated rings. The molecule has 2 atom stereocenters. The van der Waals surface area contributed by atoms with Gasteiger partial charge in [0.2, 0.25) is 0 Å². The third-order valence-electron chi connectivity index (χ3n) is 7.97. The molecule has 260 valence electrons. The van der Waals surface area contributed by atoms with E-state index < -0.39 is 24.1 Å². The fraction of sp³-hybridized carbons (Fsp3) is 0.769. The summed E-state index contributed by atoms with van der Waals surface area (Å²) in [4.78, 5) is 36.4. The third-order valence-corrected chi connectivity index (χ3v) is 7.97. The number of aliphatic hydroxyl groups is 1. The molecule has 0 aromatic rings. The zero-order chi connectivity index (χ0) is 33.2. The number of ether oxygens (including phenoxy) is 2. The molecule has 0 aromatic heterocycles. The fourth-order valence-electron chi connectivity index (χ4n) is 5.18. The number of allylic oxidation sites excluding steroid dienone is 6. The molecule has 0 radical (unpaired) electrons. The molecule has 0 saturated heterocycles. The molecule has 0 heterocycles. The molecule has 1 N–H and O–H groups in total. The first-order valence-corrected chi connectivity index (χ1v) is 18.4. The van der Waals surface area contributed by atoms with Crippen molar-refractivity contribution in [3.63, 3.8) is 0 Å². The van der Waals surface area contributed by atoms with E-state index in [9.17, 15) is 19.5 Å². The first-order chi connectivity index (χ1) is 21.9. The zero-order valence-electron chi connectivity index (χ0n) is 29.3. The van der Waals surface area contributed by atoms with Crippen LogP contribution in [0.2, 0.25) is 0 Å². The Bertz CT molecular complexity index is 799. The first kappa shape index (κ1) is 42.8. The summed E-state index contributed by atoms with van der Waals surface area (Å²) < 4.78 is 10.4. The number of unbranched alkanes of at least 4 members (excludes halogenated alkanes) is 17. The van der Waals surface area contributed by atoms with Crippen molar-refractivity contribution in [3.8, 4) is 0 Å². The summed E-state index contributed by atoms with van der Waals surface area (Å²) in [7, 11) is 0. The third kappa shape index (κ3) is 30.2. The van der Waals surface area contributed by atoms with Gasteiger partial charge in [-0.3, -0.25) is 14.4 Å². The van der Waals surface area contributed by atoms with Crippen molar-refractivity contribution in [2.45, 2.75) is 187 Å². The second-order valence-corrected chi connectivity index (χ2v) is 12.3. The highest BCUT2D eigenvalue weighted by Gasteiger charge is 2.30. The van der Waals surface area contributed by atoms with Crippen LogP contribution < -0.4 is 0 Å². The number of carbonyl (C=O) groups excluding carboxylic acids is 3. The van der Waals surface area contributed by atoms with Crippen LogP contribution in [-0.4, -0.2) is 41.6 Å². The van der Waals surface area contributed by atoms with Crippen LogP contribution in [0.1, 0.15) is 175 Å². The van der Waals surface area contributed by atoms with Crippen molar-refractivity contribution >= 4 is 17.7 Å². The number of rotatable bonds is 32. The Balaban J connectivity index is 4.07. The molecule has 0 saturated carbocycles. The molecule has 0 aliphatic rings. The highest BCUT2D eigenvalue weighted by atomic mass is 16.6. The van der Waals surface area contributed by atoms with Crippen LogP contribution >= 0.6 is 0 Å². The quantitative estimate of drug-likeness (QED) is 0.0451. The van der Waals surface area contributed by atoms with Crippen molar-refractivity contribution in [2.24, 2.45) is 0 Å². The van der Waals surface area contributed by atoms with Crippen LogP contribution in [0.3, 0.4) is 0 Å². The van der Waals surface area contributed by atoms with Crippen molar-refractivity contribution in [3.05, 3.63) is 36.5 Å². The molecule has 0 bridgehead atoms. The minimum atomic E-state index is -1.48. The molecule has 45 heavy (non-hydrogen) atoms. The lowest BCUT2D eigenvalue weighted by Crippen LogP contribution is -2.41. The Kier molecular flexibility index (Phi) is 31.5. The SMILES string of the molecule is CC/C=C\C/C=C\C/C=C\CCCCCCCC(=O)OC(COC(C)=O)C(O)C(=O)CCCCCCCCCCCCCCC. The number of esters is 2. The van der Waals surface area contributed by atoms with Gasteiger partial charge in [-0.15, -0.1) is 0 Å². The second-order valence-electron chi connectivity index (χ2n) is 12.3. The Morgan fingerprint density at radius 1 is 0.600 bits per heavy atom. The van der Waals surface area contributed by atoms with Gasteiger partial charge in [-0.2, -0.15) is 0 Å². The van der Waals surface area contributed by atoms with E-state index in [1.54, 1.807) is 0 Å². The van der Waals surface area contributed by atoms with E-state index in [0.29, 0.717) is 12.8 Å². The Morgan fingerprint density at radius 2 is 1.07 bits per heavy atom. The zero-order valence-corrected chi connectivity index (χ0v) is 29.3. The normalized spacial score (nSPS) is 13.2. The maximum absolute atomic E-state index is 12.6. The molecule has 0 aliphatic carbocycles. The van der Waals surface area contributed by atoms with Crippen LogP contribution in [0.25, 0.3) is 0 Å². The Morgan fingerprint density at radius 3 is 1.60 bits per heavy atom. The Labute approximate surface area is 276 Å². The van der Waals surface area contributed by atoms with Gasteiger partial charge in [0, 0.05) is 19.8 Å². The van der Waals surface area contributed by atoms with E-state index in [1.807, 2.05) is 0 Å². The van der Waals surface area contributed by atoms with Gasteiger partial charge >= 0.3 is 11.9 Å². The predicted octanol–water partition coefficient (Wildman–Crippen LogP) is 10.5. The minimum Gasteiger partial charge on any atom is -0.462 e. The van der Waals surface area contributed by atoms with E-state index in [-0.39, 0.29) is 25.2 Å². The number of Topliss-reactive ketones (excluding diaryl/α,β-unsaturated/α-hetero) is 1. The molecule has 0 aliphatic heterocycles. The average molecular weight is 633 g/mol. The van der Waals surface area contributed by atoms with Crippen molar-refractivity contribution in [2.75, 3.05) is 6.61 Å². The molecule has 0 rings (SSSR count). The molecule has 0 amide bonds. The van der Waals surface area contributed by atoms with Gasteiger partial charge in [-0.05, 0) is 44.9 Å². The lowest BCUT2D eigenvalue weighted by molar-refractivity contribution is -0.168. The molecular weight excluding hydrogens is 564 g/mol. The number of hydrogen-bond acceptors (Lipinski definition) is 6. The van der Waals surface area contributed by atoms with Crippen molar-refractivity contribution < 1.29 is 29.0 Å². The van der Waals surface area contributed by atoms with Gasteiger partial charge in [0.25, 0.3) is 0 Å². The van der Waals surface area contributed by atoms with Crippen LogP contribution in [0, 0.1) is 0 Å². The largest absolute Gasteiger partial charge is 0.462 e. The lowest BCUT2D eigenvalue weighted by Gasteiger charge is -2.22. The summed E-state index contributed by atoms with van der Waals surface area (Å²) in [5.74, 6) is -1.38. The molecule has 6 heteroatoms. The van der Waals surface area contributed by atoms with Gasteiger partial charge < -0.3 is 14.6 Å². The minimum absolute atomic E-state index is 0.218. The average Bonchev–Trinajstić information content (AvgIpc) is 3.02. The van der Waals surface area contributed by atoms with Gasteiger partial charge in [0.15, 0.2) is 18.0 Å². The number of carbonyl (C=O) groups is 3. The molecule has 0 aromatic carbocycles. The van der Waals surface area contributed by atoms with E-state index in [4.69, 9.17) is 9.47 Å². The Hall–Kier alpha value is -2.21. The second kappa shape index (κ2) is 33.2. The summed E-state index contributed by atoms with van der Waals surface area (Å²) in [6.45, 7) is 5.32. The standard InChI is InChI=1S/C39H68O6/c1-4-6-8-10-12-14-16-18-19-21-23-25-27-29-31-33-38(42)45-37(34-44-35(3)40)39(43)36(41)32-30-28-26-24-22-20-17-15-13-11-9-7-5-2/h6,8,12,14,18-19,37,39,43H,4-5,7,9-11,13,15-17,20-34H2,1-3H3/b8-6-,14-12-,19-18-. The number of aliphatic hydroxyl groups excluding tert-OH is 1. The van der Waals surface area contributed by atoms with Crippen LogP contribution in [-0.2, 0) is 23.9 Å².